The highest BCUT2D eigenvalue weighted by atomic mass is 35.5. The molecule has 1 aromatic rings. The number of ether oxygens (including phenoxy) is 1. The smallest absolute Gasteiger partial charge is 0.331 e. The summed E-state index contributed by atoms with van der Waals surface area (Å²) in [7, 11) is 0. The minimum absolute atomic E-state index is 0.104. The number of hydrogen-bond donors (Lipinski definition) is 2. The molecule has 0 aliphatic rings. The van der Waals surface area contributed by atoms with Gasteiger partial charge in [0.05, 0.1) is 11.6 Å². The Morgan fingerprint density at radius 2 is 2.32 bits per heavy atom. The highest BCUT2D eigenvalue weighted by Gasteiger charge is 2.29. The number of nitrogens with one attached hydrogen (secondary N) is 1. The number of carbonyl (C=O) groups is 2. The van der Waals surface area contributed by atoms with Crippen molar-refractivity contribution in [2.75, 3.05) is 6.61 Å². The molecule has 2 N–H and O–H groups in total. The van der Waals surface area contributed by atoms with E-state index < -0.39 is 23.9 Å². The standard InChI is InChI=1S/C12H13ClFNO4/c1-2-19-12(18)10(15-6-16)11(17)7-3-4-9(14)8(13)5-7/h3-6,10-11,17H,2H2,1H3,(H,15,16). The van der Waals surface area contributed by atoms with Gasteiger partial charge in [-0.15, -0.1) is 0 Å². The molecule has 0 aromatic heterocycles. The maximum Gasteiger partial charge on any atom is 0.331 e. The van der Waals surface area contributed by atoms with Crippen LogP contribution in [0.5, 0.6) is 0 Å². The molecule has 0 spiro atoms. The lowest BCUT2D eigenvalue weighted by atomic mass is 10.0. The number of aliphatic hydroxyl groups is 1. The summed E-state index contributed by atoms with van der Waals surface area (Å²) in [6.07, 6.45) is -1.11. The third-order valence-electron chi connectivity index (χ3n) is 2.39. The highest BCUT2D eigenvalue weighted by molar-refractivity contribution is 6.30. The van der Waals surface area contributed by atoms with Crippen molar-refractivity contribution >= 4 is 24.0 Å². The molecule has 0 radical (unpaired) electrons. The fraction of sp³-hybridized carbons (Fsp3) is 0.333. The number of esters is 1. The molecule has 19 heavy (non-hydrogen) atoms. The molecule has 0 aliphatic carbocycles. The zero-order chi connectivity index (χ0) is 14.4. The van der Waals surface area contributed by atoms with E-state index in [0.29, 0.717) is 0 Å². The van der Waals surface area contributed by atoms with Crippen LogP contribution in [0.25, 0.3) is 0 Å². The molecule has 0 saturated heterocycles. The van der Waals surface area contributed by atoms with Gasteiger partial charge in [0.1, 0.15) is 11.9 Å². The molecule has 1 rings (SSSR count). The molecule has 104 valence electrons. The monoisotopic (exact) mass is 289 g/mol. The molecule has 0 aliphatic heterocycles. The molecular weight excluding hydrogens is 277 g/mol. The Balaban J connectivity index is 2.97. The SMILES string of the molecule is CCOC(=O)C(NC=O)C(O)c1ccc(F)c(Cl)c1. The molecule has 0 heterocycles. The summed E-state index contributed by atoms with van der Waals surface area (Å²) in [6, 6.07) is 2.23. The number of amides is 1. The molecule has 2 unspecified atom stereocenters. The van der Waals surface area contributed by atoms with Gasteiger partial charge >= 0.3 is 5.97 Å². The second kappa shape index (κ2) is 7.06. The first-order valence-corrected chi connectivity index (χ1v) is 5.88. The molecule has 5 nitrogen and oxygen atoms in total. The molecule has 7 heteroatoms. The molecule has 1 aromatic carbocycles. The summed E-state index contributed by atoms with van der Waals surface area (Å²) < 4.78 is 17.7. The minimum Gasteiger partial charge on any atom is -0.464 e. The number of benzene rings is 1. The summed E-state index contributed by atoms with van der Waals surface area (Å²) in [5, 5.41) is 12.0. The van der Waals surface area contributed by atoms with Crippen LogP contribution >= 0.6 is 11.6 Å². The zero-order valence-corrected chi connectivity index (χ0v) is 10.9. The third kappa shape index (κ3) is 3.90. The fourth-order valence-electron chi connectivity index (χ4n) is 1.48. The van der Waals surface area contributed by atoms with Gasteiger partial charge < -0.3 is 15.2 Å². The maximum atomic E-state index is 13.0. The Morgan fingerprint density at radius 3 is 2.84 bits per heavy atom. The molecule has 0 bridgehead atoms. The Bertz CT molecular complexity index is 469. The van der Waals surface area contributed by atoms with E-state index in [1.54, 1.807) is 6.92 Å². The zero-order valence-electron chi connectivity index (χ0n) is 10.1. The summed E-state index contributed by atoms with van der Waals surface area (Å²) >= 11 is 5.59. The minimum atomic E-state index is -1.39. The largest absolute Gasteiger partial charge is 0.464 e. The summed E-state index contributed by atoms with van der Waals surface area (Å²) in [4.78, 5) is 22.1. The van der Waals surface area contributed by atoms with E-state index in [2.05, 4.69) is 5.32 Å². The van der Waals surface area contributed by atoms with Crippen LogP contribution in [0.4, 0.5) is 4.39 Å². The lowest BCUT2D eigenvalue weighted by Gasteiger charge is -2.21. The lowest BCUT2D eigenvalue weighted by Crippen LogP contribution is -2.42. The predicted molar refractivity (Wildman–Crippen MR) is 66.0 cm³/mol. The van der Waals surface area contributed by atoms with E-state index in [1.807, 2.05) is 0 Å². The van der Waals surface area contributed by atoms with Gasteiger partial charge in [0.2, 0.25) is 6.41 Å². The van der Waals surface area contributed by atoms with Gasteiger partial charge in [-0.05, 0) is 24.6 Å². The van der Waals surface area contributed by atoms with E-state index in [9.17, 15) is 19.1 Å². The summed E-state index contributed by atoms with van der Waals surface area (Å²) in [6.45, 7) is 1.70. The van der Waals surface area contributed by atoms with Gasteiger partial charge in [-0.2, -0.15) is 0 Å². The molecule has 0 fully saturated rings. The lowest BCUT2D eigenvalue weighted by molar-refractivity contribution is -0.149. The highest BCUT2D eigenvalue weighted by Crippen LogP contribution is 2.23. The number of carbonyl (C=O) groups excluding carboxylic acids is 2. The first-order valence-electron chi connectivity index (χ1n) is 5.50. The van der Waals surface area contributed by atoms with Crippen LogP contribution in [0.2, 0.25) is 5.02 Å². The normalized spacial score (nSPS) is 13.5. The maximum absolute atomic E-state index is 13.0. The first kappa shape index (κ1) is 15.4. The Kier molecular flexibility index (Phi) is 5.72. The topological polar surface area (TPSA) is 75.6 Å². The Labute approximate surface area is 114 Å². The van der Waals surface area contributed by atoms with Gasteiger partial charge in [0.15, 0.2) is 6.04 Å². The molecule has 0 saturated carbocycles. The van der Waals surface area contributed by atoms with Crippen molar-refractivity contribution in [2.45, 2.75) is 19.1 Å². The van der Waals surface area contributed by atoms with Crippen molar-refractivity contribution in [2.24, 2.45) is 0 Å². The number of hydrogen-bond acceptors (Lipinski definition) is 4. The van der Waals surface area contributed by atoms with Crippen LogP contribution in [0.3, 0.4) is 0 Å². The van der Waals surface area contributed by atoms with E-state index in [-0.39, 0.29) is 23.6 Å². The average molecular weight is 290 g/mol. The van der Waals surface area contributed by atoms with E-state index in [0.717, 1.165) is 6.07 Å². The fourth-order valence-corrected chi connectivity index (χ4v) is 1.67. The van der Waals surface area contributed by atoms with Crippen molar-refractivity contribution in [3.8, 4) is 0 Å². The van der Waals surface area contributed by atoms with E-state index in [4.69, 9.17) is 16.3 Å². The van der Waals surface area contributed by atoms with Crippen molar-refractivity contribution in [3.05, 3.63) is 34.6 Å². The van der Waals surface area contributed by atoms with Crippen LogP contribution in [0.15, 0.2) is 18.2 Å². The predicted octanol–water partition coefficient (Wildman–Crippen LogP) is 1.19. The third-order valence-corrected chi connectivity index (χ3v) is 2.68. The Morgan fingerprint density at radius 1 is 1.63 bits per heavy atom. The van der Waals surface area contributed by atoms with Gasteiger partial charge in [0, 0.05) is 0 Å². The van der Waals surface area contributed by atoms with Crippen molar-refractivity contribution in [1.82, 2.24) is 5.32 Å². The van der Waals surface area contributed by atoms with Crippen molar-refractivity contribution in [3.63, 3.8) is 0 Å². The molecular formula is C12H13ClFNO4. The Hall–Kier alpha value is -1.66. The van der Waals surface area contributed by atoms with Crippen LogP contribution in [0.1, 0.15) is 18.6 Å². The first-order chi connectivity index (χ1) is 9.01. The summed E-state index contributed by atoms with van der Waals surface area (Å²) in [5.74, 6) is -1.43. The molecule has 1 amide bonds. The van der Waals surface area contributed by atoms with Gasteiger partial charge in [-0.3, -0.25) is 4.79 Å². The molecule has 2 atom stereocenters. The van der Waals surface area contributed by atoms with E-state index in [1.165, 1.54) is 12.1 Å². The number of aliphatic hydroxyl groups excluding tert-OH is 1. The van der Waals surface area contributed by atoms with Crippen molar-refractivity contribution < 1.29 is 23.8 Å². The summed E-state index contributed by atoms with van der Waals surface area (Å²) in [5.41, 5.74) is 0.193. The number of rotatable bonds is 6. The van der Waals surface area contributed by atoms with Crippen molar-refractivity contribution in [1.29, 1.82) is 0 Å². The van der Waals surface area contributed by atoms with Crippen LogP contribution in [-0.4, -0.2) is 30.1 Å². The quantitative estimate of drug-likeness (QED) is 0.609. The van der Waals surface area contributed by atoms with Gasteiger partial charge in [-0.25, -0.2) is 9.18 Å². The van der Waals surface area contributed by atoms with Crippen LogP contribution in [-0.2, 0) is 14.3 Å². The van der Waals surface area contributed by atoms with Gasteiger partial charge in [-0.1, -0.05) is 17.7 Å². The second-order valence-electron chi connectivity index (χ2n) is 3.63. The second-order valence-corrected chi connectivity index (χ2v) is 4.04. The van der Waals surface area contributed by atoms with E-state index >= 15 is 0 Å². The van der Waals surface area contributed by atoms with Crippen LogP contribution in [0, 0.1) is 5.82 Å². The van der Waals surface area contributed by atoms with Crippen LogP contribution < -0.4 is 5.32 Å². The average Bonchev–Trinajstić information content (AvgIpc) is 2.38. The van der Waals surface area contributed by atoms with Gasteiger partial charge in [0.25, 0.3) is 0 Å². The number of halogens is 2.